The van der Waals surface area contributed by atoms with Crippen LogP contribution in [0.2, 0.25) is 0 Å². The van der Waals surface area contributed by atoms with Crippen LogP contribution in [0.1, 0.15) is 55.7 Å². The van der Waals surface area contributed by atoms with Gasteiger partial charge in [0.15, 0.2) is 5.79 Å². The molecule has 2 aliphatic rings. The van der Waals surface area contributed by atoms with Gasteiger partial charge < -0.3 is 9.47 Å². The van der Waals surface area contributed by atoms with Crippen LogP contribution >= 0.6 is 0 Å². The maximum absolute atomic E-state index is 12.2. The van der Waals surface area contributed by atoms with E-state index in [1.807, 2.05) is 6.92 Å². The first-order chi connectivity index (χ1) is 10.6. The van der Waals surface area contributed by atoms with Crippen molar-refractivity contribution in [2.45, 2.75) is 58.2 Å². The lowest BCUT2D eigenvalue weighted by molar-refractivity contribution is -0.150. The van der Waals surface area contributed by atoms with E-state index in [4.69, 9.17) is 9.47 Å². The molecule has 1 aromatic carbocycles. The Hall–Kier alpha value is -1.19. The number of hydrogen-bond acceptors (Lipinski definition) is 3. The third-order valence-corrected chi connectivity index (χ3v) is 5.09. The number of hydrogen-bond donors (Lipinski definition) is 0. The number of carbonyl (C=O) groups excluding carboxylic acids is 1. The van der Waals surface area contributed by atoms with E-state index in [0.29, 0.717) is 31.3 Å². The van der Waals surface area contributed by atoms with E-state index in [9.17, 15) is 4.79 Å². The van der Waals surface area contributed by atoms with E-state index < -0.39 is 5.79 Å². The van der Waals surface area contributed by atoms with Gasteiger partial charge in [0, 0.05) is 17.9 Å². The second kappa shape index (κ2) is 6.51. The first-order valence-corrected chi connectivity index (χ1v) is 8.49. The van der Waals surface area contributed by atoms with Gasteiger partial charge in [-0.2, -0.15) is 0 Å². The minimum absolute atomic E-state index is 0.333. The molecule has 0 unspecified atom stereocenters. The summed E-state index contributed by atoms with van der Waals surface area (Å²) in [5.74, 6) is 0.177. The van der Waals surface area contributed by atoms with E-state index >= 15 is 0 Å². The van der Waals surface area contributed by atoms with Gasteiger partial charge in [0.2, 0.25) is 0 Å². The van der Waals surface area contributed by atoms with E-state index in [0.717, 1.165) is 24.8 Å². The molecular weight excluding hydrogens is 276 g/mol. The van der Waals surface area contributed by atoms with Crippen LogP contribution in [0.3, 0.4) is 0 Å². The summed E-state index contributed by atoms with van der Waals surface area (Å²) in [6.07, 6.45) is 6.17. The fourth-order valence-electron chi connectivity index (χ4n) is 3.78. The Bertz CT molecular complexity index is 538. The van der Waals surface area contributed by atoms with Gasteiger partial charge in [-0.25, -0.2) is 0 Å². The lowest BCUT2D eigenvalue weighted by Gasteiger charge is -2.25. The summed E-state index contributed by atoms with van der Waals surface area (Å²) in [6, 6.07) is 6.38. The van der Waals surface area contributed by atoms with E-state index in [1.165, 1.54) is 24.0 Å². The lowest BCUT2D eigenvalue weighted by Crippen LogP contribution is -2.23. The number of rotatable bonds is 5. The molecule has 2 fully saturated rings. The van der Waals surface area contributed by atoms with Crippen molar-refractivity contribution in [3.05, 3.63) is 34.9 Å². The van der Waals surface area contributed by atoms with Crippen molar-refractivity contribution in [3.8, 4) is 0 Å². The Labute approximate surface area is 133 Å². The molecule has 0 atom stereocenters. The van der Waals surface area contributed by atoms with Crippen LogP contribution in [-0.2, 0) is 26.5 Å². The van der Waals surface area contributed by atoms with Crippen LogP contribution in [0.5, 0.6) is 0 Å². The summed E-state index contributed by atoms with van der Waals surface area (Å²) in [5.41, 5.74) is 3.50. The van der Waals surface area contributed by atoms with Crippen molar-refractivity contribution >= 4 is 5.78 Å². The number of ether oxygens (including phenoxy) is 2. The number of aryl methyl sites for hydroxylation is 2. The molecule has 3 rings (SSSR count). The Kier molecular flexibility index (Phi) is 4.65. The predicted octanol–water partition coefficient (Wildman–Crippen LogP) is 3.91. The summed E-state index contributed by atoms with van der Waals surface area (Å²) in [4.78, 5) is 12.2. The second-order valence-corrected chi connectivity index (χ2v) is 6.74. The van der Waals surface area contributed by atoms with Crippen LogP contribution in [0.15, 0.2) is 18.2 Å². The SMILES string of the molecule is Cc1cc(CCC(=O)C2CCCC2)ccc1C1(C)OCCO1. The normalized spacial score (nSPS) is 21.4. The van der Waals surface area contributed by atoms with Gasteiger partial charge in [0.1, 0.15) is 5.78 Å². The van der Waals surface area contributed by atoms with Gasteiger partial charge in [-0.05, 0) is 44.2 Å². The summed E-state index contributed by atoms with van der Waals surface area (Å²) in [5, 5.41) is 0. The van der Waals surface area contributed by atoms with E-state index in [2.05, 4.69) is 25.1 Å². The number of Topliss-reactive ketones (excluding diaryl/α,β-unsaturated/α-hetero) is 1. The fourth-order valence-corrected chi connectivity index (χ4v) is 3.78. The molecule has 3 heteroatoms. The van der Waals surface area contributed by atoms with Crippen molar-refractivity contribution in [3.63, 3.8) is 0 Å². The third kappa shape index (κ3) is 3.26. The molecule has 1 aliphatic carbocycles. The standard InChI is InChI=1S/C19H26O3/c1-14-13-15(8-10-18(20)16-5-3-4-6-16)7-9-17(14)19(2)21-11-12-22-19/h7,9,13,16H,3-6,8,10-12H2,1-2H3. The summed E-state index contributed by atoms with van der Waals surface area (Å²) < 4.78 is 11.5. The van der Waals surface area contributed by atoms with Gasteiger partial charge in [0.05, 0.1) is 13.2 Å². The van der Waals surface area contributed by atoms with Crippen molar-refractivity contribution in [1.29, 1.82) is 0 Å². The minimum Gasteiger partial charge on any atom is -0.344 e. The highest BCUT2D eigenvalue weighted by molar-refractivity contribution is 5.81. The molecule has 120 valence electrons. The highest BCUT2D eigenvalue weighted by Gasteiger charge is 2.34. The van der Waals surface area contributed by atoms with Crippen LogP contribution in [0.25, 0.3) is 0 Å². The van der Waals surface area contributed by atoms with Gasteiger partial charge >= 0.3 is 0 Å². The molecule has 0 bridgehead atoms. The summed E-state index contributed by atoms with van der Waals surface area (Å²) in [6.45, 7) is 5.36. The Morgan fingerprint density at radius 1 is 1.23 bits per heavy atom. The van der Waals surface area contributed by atoms with Crippen LogP contribution in [0.4, 0.5) is 0 Å². The maximum atomic E-state index is 12.2. The minimum atomic E-state index is -0.609. The molecule has 1 heterocycles. The lowest BCUT2D eigenvalue weighted by atomic mass is 9.94. The maximum Gasteiger partial charge on any atom is 0.192 e. The average molecular weight is 302 g/mol. The molecule has 1 saturated heterocycles. The topological polar surface area (TPSA) is 35.5 Å². The molecule has 1 saturated carbocycles. The zero-order chi connectivity index (χ0) is 15.6. The number of ketones is 1. The summed E-state index contributed by atoms with van der Waals surface area (Å²) >= 11 is 0. The second-order valence-electron chi connectivity index (χ2n) is 6.74. The summed E-state index contributed by atoms with van der Waals surface area (Å²) in [7, 11) is 0. The monoisotopic (exact) mass is 302 g/mol. The van der Waals surface area contributed by atoms with Crippen molar-refractivity contribution in [2.24, 2.45) is 5.92 Å². The Morgan fingerprint density at radius 3 is 2.55 bits per heavy atom. The Balaban J connectivity index is 1.63. The molecule has 0 radical (unpaired) electrons. The molecule has 0 N–H and O–H groups in total. The number of carbonyl (C=O) groups is 1. The molecule has 3 nitrogen and oxygen atoms in total. The molecule has 22 heavy (non-hydrogen) atoms. The van der Waals surface area contributed by atoms with E-state index in [-0.39, 0.29) is 0 Å². The van der Waals surface area contributed by atoms with E-state index in [1.54, 1.807) is 0 Å². The average Bonchev–Trinajstić information content (AvgIpc) is 3.16. The molecule has 0 amide bonds. The van der Waals surface area contributed by atoms with Gasteiger partial charge in [0.25, 0.3) is 0 Å². The van der Waals surface area contributed by atoms with Crippen LogP contribution < -0.4 is 0 Å². The van der Waals surface area contributed by atoms with Crippen molar-refractivity contribution < 1.29 is 14.3 Å². The third-order valence-electron chi connectivity index (χ3n) is 5.09. The molecule has 1 aliphatic heterocycles. The fraction of sp³-hybridized carbons (Fsp3) is 0.632. The van der Waals surface area contributed by atoms with Gasteiger partial charge in [-0.3, -0.25) is 4.79 Å². The first-order valence-electron chi connectivity index (χ1n) is 8.49. The molecular formula is C19H26O3. The molecule has 0 spiro atoms. The predicted molar refractivity (Wildman–Crippen MR) is 85.7 cm³/mol. The van der Waals surface area contributed by atoms with Gasteiger partial charge in [-0.15, -0.1) is 0 Å². The van der Waals surface area contributed by atoms with Gasteiger partial charge in [-0.1, -0.05) is 31.0 Å². The highest BCUT2D eigenvalue weighted by Crippen LogP contribution is 2.33. The first kappa shape index (κ1) is 15.7. The smallest absolute Gasteiger partial charge is 0.192 e. The van der Waals surface area contributed by atoms with Crippen LogP contribution in [0, 0.1) is 12.8 Å². The highest BCUT2D eigenvalue weighted by atomic mass is 16.7. The van der Waals surface area contributed by atoms with Crippen molar-refractivity contribution in [2.75, 3.05) is 13.2 Å². The molecule has 1 aromatic rings. The largest absolute Gasteiger partial charge is 0.344 e. The molecule has 0 aromatic heterocycles. The zero-order valence-corrected chi connectivity index (χ0v) is 13.7. The van der Waals surface area contributed by atoms with Crippen LogP contribution in [-0.4, -0.2) is 19.0 Å². The van der Waals surface area contributed by atoms with Crippen molar-refractivity contribution in [1.82, 2.24) is 0 Å². The Morgan fingerprint density at radius 2 is 1.91 bits per heavy atom. The number of benzene rings is 1. The quantitative estimate of drug-likeness (QED) is 0.827. The zero-order valence-electron chi connectivity index (χ0n) is 13.7.